The van der Waals surface area contributed by atoms with Crippen molar-refractivity contribution in [1.82, 2.24) is 0 Å². The van der Waals surface area contributed by atoms with E-state index in [1.54, 1.807) is 0 Å². The van der Waals surface area contributed by atoms with Gasteiger partial charge in [0.25, 0.3) is 0 Å². The summed E-state index contributed by atoms with van der Waals surface area (Å²) in [7, 11) is 0. The molecule has 0 amide bonds. The molecule has 0 aromatic carbocycles. The molecule has 0 spiro atoms. The first kappa shape index (κ1) is 67.6. The number of carbonyl (C=O) groups is 3. The molecular weight excluding hydrogens is 877 g/mol. The van der Waals surface area contributed by atoms with Crippen molar-refractivity contribution in [1.29, 1.82) is 0 Å². The van der Waals surface area contributed by atoms with Crippen LogP contribution >= 0.6 is 0 Å². The van der Waals surface area contributed by atoms with Crippen LogP contribution in [0.1, 0.15) is 290 Å². The Morgan fingerprint density at radius 2 is 0.549 bits per heavy atom. The maximum absolute atomic E-state index is 12.9. The fourth-order valence-corrected chi connectivity index (χ4v) is 8.34. The molecule has 0 bridgehead atoms. The van der Waals surface area contributed by atoms with E-state index < -0.39 is 6.10 Å². The number of allylic oxidation sites excluding steroid dienone is 14. The molecule has 0 saturated carbocycles. The average Bonchev–Trinajstić information content (AvgIpc) is 3.37. The van der Waals surface area contributed by atoms with Crippen LogP contribution in [-0.4, -0.2) is 37.2 Å². The normalized spacial score (nSPS) is 12.7. The fourth-order valence-electron chi connectivity index (χ4n) is 8.34. The highest BCUT2D eigenvalue weighted by Crippen LogP contribution is 2.15. The first-order valence-electron chi connectivity index (χ1n) is 30.1. The molecular formula is C65H112O6. The monoisotopic (exact) mass is 989 g/mol. The van der Waals surface area contributed by atoms with Gasteiger partial charge >= 0.3 is 17.9 Å². The molecule has 0 aromatic rings. The topological polar surface area (TPSA) is 78.9 Å². The highest BCUT2D eigenvalue weighted by molar-refractivity contribution is 5.71. The van der Waals surface area contributed by atoms with E-state index in [2.05, 4.69) is 106 Å². The Morgan fingerprint density at radius 1 is 0.296 bits per heavy atom. The van der Waals surface area contributed by atoms with Gasteiger partial charge in [0, 0.05) is 19.3 Å². The molecule has 6 heteroatoms. The minimum Gasteiger partial charge on any atom is -0.462 e. The van der Waals surface area contributed by atoms with Crippen LogP contribution in [0.25, 0.3) is 0 Å². The maximum Gasteiger partial charge on any atom is 0.306 e. The minimum atomic E-state index is -0.789. The number of ether oxygens (including phenoxy) is 3. The summed E-state index contributed by atoms with van der Waals surface area (Å²) in [6, 6.07) is 0. The van der Waals surface area contributed by atoms with E-state index in [1.807, 2.05) is 0 Å². The lowest BCUT2D eigenvalue weighted by molar-refractivity contribution is -0.167. The third-order valence-corrected chi connectivity index (χ3v) is 12.9. The van der Waals surface area contributed by atoms with Crippen molar-refractivity contribution >= 4 is 17.9 Å². The molecule has 1 unspecified atom stereocenters. The van der Waals surface area contributed by atoms with Gasteiger partial charge in [0.15, 0.2) is 6.10 Å². The lowest BCUT2D eigenvalue weighted by atomic mass is 10.1. The zero-order valence-corrected chi connectivity index (χ0v) is 46.7. The Kier molecular flexibility index (Phi) is 56.3. The molecule has 0 rings (SSSR count). The van der Waals surface area contributed by atoms with Crippen LogP contribution < -0.4 is 0 Å². The fraction of sp³-hybridized carbons (Fsp3) is 0.738. The van der Waals surface area contributed by atoms with Gasteiger partial charge in [-0.05, 0) is 116 Å². The highest BCUT2D eigenvalue weighted by Gasteiger charge is 2.19. The molecule has 0 radical (unpaired) electrons. The van der Waals surface area contributed by atoms with Crippen LogP contribution in [0.4, 0.5) is 0 Å². The van der Waals surface area contributed by atoms with Crippen LogP contribution in [-0.2, 0) is 28.6 Å². The van der Waals surface area contributed by atoms with Gasteiger partial charge < -0.3 is 14.2 Å². The molecule has 0 fully saturated rings. The number of unbranched alkanes of at least 4 members (excludes halogenated alkanes) is 29. The molecule has 6 nitrogen and oxygen atoms in total. The molecule has 0 aliphatic rings. The summed E-state index contributed by atoms with van der Waals surface area (Å²) in [5.41, 5.74) is 0. The second-order valence-electron chi connectivity index (χ2n) is 19.9. The van der Waals surface area contributed by atoms with E-state index in [4.69, 9.17) is 14.2 Å². The summed E-state index contributed by atoms with van der Waals surface area (Å²) in [6.07, 6.45) is 77.1. The Bertz CT molecular complexity index is 1370. The number of hydrogen-bond donors (Lipinski definition) is 0. The molecule has 0 heterocycles. The van der Waals surface area contributed by atoms with Gasteiger partial charge in [-0.15, -0.1) is 0 Å². The summed E-state index contributed by atoms with van der Waals surface area (Å²) in [5.74, 6) is -0.904. The minimum absolute atomic E-state index is 0.0866. The van der Waals surface area contributed by atoms with E-state index in [0.29, 0.717) is 19.3 Å². The quantitative estimate of drug-likeness (QED) is 0.0261. The number of carbonyl (C=O) groups excluding carboxylic acids is 3. The second kappa shape index (κ2) is 59.2. The molecule has 0 aliphatic carbocycles. The largest absolute Gasteiger partial charge is 0.462 e. The SMILES string of the molecule is CC/C=C\C/C=C\C/C=C\C/C=C\CCCCCCCCC(=O)OCC(COC(=O)CCCCCCC/C=C\CCCCCCCC)OC(=O)CCCCCCCCCCC/C=C\C/C=C\CCCCC. The molecule has 0 N–H and O–H groups in total. The third kappa shape index (κ3) is 57.4. The first-order valence-corrected chi connectivity index (χ1v) is 30.1. The molecule has 71 heavy (non-hydrogen) atoms. The van der Waals surface area contributed by atoms with Crippen LogP contribution in [0, 0.1) is 0 Å². The van der Waals surface area contributed by atoms with Crippen LogP contribution in [0.2, 0.25) is 0 Å². The van der Waals surface area contributed by atoms with E-state index in [-0.39, 0.29) is 31.1 Å². The molecule has 0 aliphatic heterocycles. The van der Waals surface area contributed by atoms with Crippen molar-refractivity contribution in [2.24, 2.45) is 0 Å². The summed E-state index contributed by atoms with van der Waals surface area (Å²) in [5, 5.41) is 0. The van der Waals surface area contributed by atoms with Gasteiger partial charge in [-0.1, -0.05) is 241 Å². The molecule has 408 valence electrons. The predicted molar refractivity (Wildman–Crippen MR) is 307 cm³/mol. The Balaban J connectivity index is 4.42. The molecule has 1 atom stereocenters. The zero-order valence-electron chi connectivity index (χ0n) is 46.7. The Hall–Kier alpha value is -3.41. The summed E-state index contributed by atoms with van der Waals surface area (Å²) in [6.45, 7) is 6.50. The van der Waals surface area contributed by atoms with Crippen LogP contribution in [0.15, 0.2) is 85.1 Å². The van der Waals surface area contributed by atoms with Crippen molar-refractivity contribution in [3.8, 4) is 0 Å². The van der Waals surface area contributed by atoms with Gasteiger partial charge in [-0.2, -0.15) is 0 Å². The van der Waals surface area contributed by atoms with Crippen molar-refractivity contribution in [2.45, 2.75) is 297 Å². The number of rotatable bonds is 54. The van der Waals surface area contributed by atoms with Crippen molar-refractivity contribution in [3.05, 3.63) is 85.1 Å². The predicted octanol–water partition coefficient (Wildman–Crippen LogP) is 20.3. The summed E-state index contributed by atoms with van der Waals surface area (Å²) < 4.78 is 16.9. The maximum atomic E-state index is 12.9. The van der Waals surface area contributed by atoms with Gasteiger partial charge in [0.1, 0.15) is 13.2 Å². The number of esters is 3. The van der Waals surface area contributed by atoms with Gasteiger partial charge in [-0.25, -0.2) is 0 Å². The number of hydrogen-bond acceptors (Lipinski definition) is 6. The Morgan fingerprint density at radius 3 is 0.901 bits per heavy atom. The van der Waals surface area contributed by atoms with E-state index in [0.717, 1.165) is 103 Å². The smallest absolute Gasteiger partial charge is 0.306 e. The standard InChI is InChI=1S/C65H112O6/c1-4-7-10-13-16-19-22-25-28-30-32-34-37-40-43-46-49-52-55-58-64(67)70-61-62(60-69-63(66)57-54-51-48-45-42-39-36-27-24-21-18-15-12-9-6-3)71-65(68)59-56-53-50-47-44-41-38-35-33-31-29-26-23-20-17-14-11-8-5-2/h7,10,16-17,19-20,25-29,32,34,36,62H,4-6,8-9,11-15,18,21-24,30-31,33,35,37-61H2,1-3H3/b10-7-,19-16-,20-17-,28-25-,29-26-,34-32-,36-27-. The zero-order chi connectivity index (χ0) is 51.4. The highest BCUT2D eigenvalue weighted by atomic mass is 16.6. The molecule has 0 aromatic heterocycles. The van der Waals surface area contributed by atoms with Crippen molar-refractivity contribution in [2.75, 3.05) is 13.2 Å². The van der Waals surface area contributed by atoms with Gasteiger partial charge in [-0.3, -0.25) is 14.4 Å². The van der Waals surface area contributed by atoms with E-state index in [1.165, 1.54) is 148 Å². The van der Waals surface area contributed by atoms with Crippen LogP contribution in [0.5, 0.6) is 0 Å². The summed E-state index contributed by atoms with van der Waals surface area (Å²) in [4.78, 5) is 38.2. The van der Waals surface area contributed by atoms with Crippen LogP contribution in [0.3, 0.4) is 0 Å². The van der Waals surface area contributed by atoms with Gasteiger partial charge in [0.05, 0.1) is 0 Å². The third-order valence-electron chi connectivity index (χ3n) is 12.9. The van der Waals surface area contributed by atoms with E-state index in [9.17, 15) is 14.4 Å². The van der Waals surface area contributed by atoms with Crippen molar-refractivity contribution in [3.63, 3.8) is 0 Å². The second-order valence-corrected chi connectivity index (χ2v) is 19.9. The lowest BCUT2D eigenvalue weighted by Gasteiger charge is -2.18. The van der Waals surface area contributed by atoms with E-state index >= 15 is 0 Å². The van der Waals surface area contributed by atoms with Crippen molar-refractivity contribution < 1.29 is 28.6 Å². The Labute approximate surface area is 439 Å². The molecule has 0 saturated heterocycles. The van der Waals surface area contributed by atoms with Gasteiger partial charge in [0.2, 0.25) is 0 Å². The first-order chi connectivity index (χ1) is 35.0. The lowest BCUT2D eigenvalue weighted by Crippen LogP contribution is -2.30. The average molecular weight is 990 g/mol. The summed E-state index contributed by atoms with van der Waals surface area (Å²) >= 11 is 0.